The number of halogens is 2. The van der Waals surface area contributed by atoms with Crippen molar-refractivity contribution < 1.29 is 14.8 Å². The molecule has 0 aromatic heterocycles. The topological polar surface area (TPSA) is 92.5 Å². The molecule has 0 bridgehead atoms. The van der Waals surface area contributed by atoms with Crippen LogP contribution in [0.3, 0.4) is 0 Å². The third-order valence-corrected chi connectivity index (χ3v) is 3.32. The Bertz CT molecular complexity index is 504. The van der Waals surface area contributed by atoms with Gasteiger partial charge < -0.3 is 10.4 Å². The predicted molar refractivity (Wildman–Crippen MR) is 71.7 cm³/mol. The van der Waals surface area contributed by atoms with E-state index in [4.69, 9.17) is 28.3 Å². The van der Waals surface area contributed by atoms with Crippen LogP contribution in [0.1, 0.15) is 23.7 Å². The molecule has 1 rings (SSSR count). The Morgan fingerprint density at radius 3 is 2.63 bits per heavy atom. The van der Waals surface area contributed by atoms with Gasteiger partial charge in [-0.05, 0) is 6.42 Å². The first-order valence-electron chi connectivity index (χ1n) is 5.45. The number of hydrogen-bond acceptors (Lipinski definition) is 4. The van der Waals surface area contributed by atoms with Crippen molar-refractivity contribution in [3.8, 4) is 0 Å². The maximum absolute atomic E-state index is 11.9. The van der Waals surface area contributed by atoms with Crippen LogP contribution in [0.15, 0.2) is 12.1 Å². The number of rotatable bonds is 5. The summed E-state index contributed by atoms with van der Waals surface area (Å²) < 4.78 is 0. The van der Waals surface area contributed by atoms with Gasteiger partial charge in [-0.25, -0.2) is 0 Å². The number of benzene rings is 1. The van der Waals surface area contributed by atoms with Crippen molar-refractivity contribution in [2.75, 3.05) is 6.61 Å². The Hall–Kier alpha value is -1.37. The monoisotopic (exact) mass is 306 g/mol. The maximum atomic E-state index is 11.9. The zero-order chi connectivity index (χ0) is 14.6. The molecular weight excluding hydrogens is 295 g/mol. The highest BCUT2D eigenvalue weighted by Gasteiger charge is 2.20. The number of aliphatic hydroxyl groups excluding tert-OH is 1. The molecule has 19 heavy (non-hydrogen) atoms. The Morgan fingerprint density at radius 2 is 2.16 bits per heavy atom. The number of nitrogens with zero attached hydrogens (tertiary/aromatic N) is 1. The highest BCUT2D eigenvalue weighted by Crippen LogP contribution is 2.30. The van der Waals surface area contributed by atoms with E-state index in [0.29, 0.717) is 6.42 Å². The summed E-state index contributed by atoms with van der Waals surface area (Å²) in [6.45, 7) is 1.55. The standard InChI is InChI=1S/C11H12Cl2N2O4/c1-2-6(5-16)14-11(17)8-3-7(15(18)19)4-9(12)10(8)13/h3-4,6,16H,2,5H2,1H3,(H,14,17)/t6-/m1/s1. The molecule has 0 aliphatic rings. The molecule has 0 fully saturated rings. The van der Waals surface area contributed by atoms with Gasteiger partial charge in [0.15, 0.2) is 0 Å². The molecule has 0 saturated heterocycles. The van der Waals surface area contributed by atoms with Gasteiger partial charge in [0.25, 0.3) is 11.6 Å². The molecule has 0 saturated carbocycles. The zero-order valence-corrected chi connectivity index (χ0v) is 11.5. The number of nitro benzene ring substituents is 1. The van der Waals surface area contributed by atoms with Crippen molar-refractivity contribution in [1.82, 2.24) is 5.32 Å². The third kappa shape index (κ3) is 3.79. The number of hydrogen-bond donors (Lipinski definition) is 2. The minimum absolute atomic E-state index is 0.0578. The van der Waals surface area contributed by atoms with Crippen LogP contribution < -0.4 is 5.32 Å². The van der Waals surface area contributed by atoms with E-state index < -0.39 is 16.9 Å². The summed E-state index contributed by atoms with van der Waals surface area (Å²) in [5, 5.41) is 22.1. The van der Waals surface area contributed by atoms with Gasteiger partial charge in [0.1, 0.15) is 0 Å². The largest absolute Gasteiger partial charge is 0.394 e. The molecule has 2 N–H and O–H groups in total. The zero-order valence-electron chi connectivity index (χ0n) is 10.0. The van der Waals surface area contributed by atoms with Crippen molar-refractivity contribution >= 4 is 34.8 Å². The lowest BCUT2D eigenvalue weighted by molar-refractivity contribution is -0.384. The van der Waals surface area contributed by atoms with E-state index in [1.807, 2.05) is 0 Å². The molecule has 6 nitrogen and oxygen atoms in total. The van der Waals surface area contributed by atoms with Crippen molar-refractivity contribution in [2.24, 2.45) is 0 Å². The van der Waals surface area contributed by atoms with Gasteiger partial charge in [-0.15, -0.1) is 0 Å². The van der Waals surface area contributed by atoms with Crippen LogP contribution in [-0.2, 0) is 0 Å². The number of nitro groups is 1. The van der Waals surface area contributed by atoms with Crippen LogP contribution >= 0.6 is 23.2 Å². The van der Waals surface area contributed by atoms with E-state index in [1.165, 1.54) is 0 Å². The summed E-state index contributed by atoms with van der Waals surface area (Å²) >= 11 is 11.6. The second-order valence-corrected chi connectivity index (χ2v) is 4.59. The SMILES string of the molecule is CC[C@H](CO)NC(=O)c1cc([N+](=O)[O-])cc(Cl)c1Cl. The number of non-ortho nitro benzene ring substituents is 1. The Morgan fingerprint density at radius 1 is 1.53 bits per heavy atom. The van der Waals surface area contributed by atoms with Gasteiger partial charge in [0.2, 0.25) is 0 Å². The highest BCUT2D eigenvalue weighted by atomic mass is 35.5. The minimum Gasteiger partial charge on any atom is -0.394 e. The van der Waals surface area contributed by atoms with Crippen molar-refractivity contribution in [3.05, 3.63) is 37.9 Å². The molecule has 0 heterocycles. The number of carbonyl (C=O) groups is 1. The maximum Gasteiger partial charge on any atom is 0.271 e. The predicted octanol–water partition coefficient (Wildman–Crippen LogP) is 2.40. The molecule has 104 valence electrons. The van der Waals surface area contributed by atoms with Gasteiger partial charge in [-0.1, -0.05) is 30.1 Å². The van der Waals surface area contributed by atoms with E-state index in [1.54, 1.807) is 6.92 Å². The molecule has 1 amide bonds. The lowest BCUT2D eigenvalue weighted by atomic mass is 10.1. The van der Waals surface area contributed by atoms with E-state index in [0.717, 1.165) is 12.1 Å². The van der Waals surface area contributed by atoms with Crippen LogP contribution in [0.4, 0.5) is 5.69 Å². The van der Waals surface area contributed by atoms with Gasteiger partial charge in [-0.2, -0.15) is 0 Å². The highest BCUT2D eigenvalue weighted by molar-refractivity contribution is 6.44. The van der Waals surface area contributed by atoms with Crippen LogP contribution in [0.25, 0.3) is 0 Å². The van der Waals surface area contributed by atoms with Gasteiger partial charge in [0.05, 0.1) is 33.2 Å². The molecule has 0 spiro atoms. The Balaban J connectivity index is 3.11. The molecular formula is C11H12Cl2N2O4. The molecule has 0 unspecified atom stereocenters. The second kappa shape index (κ2) is 6.70. The fraction of sp³-hybridized carbons (Fsp3) is 0.364. The van der Waals surface area contributed by atoms with E-state index in [9.17, 15) is 14.9 Å². The average Bonchev–Trinajstić information content (AvgIpc) is 2.38. The van der Waals surface area contributed by atoms with Gasteiger partial charge in [-0.3, -0.25) is 14.9 Å². The fourth-order valence-electron chi connectivity index (χ4n) is 1.39. The smallest absolute Gasteiger partial charge is 0.271 e. The van der Waals surface area contributed by atoms with Crippen LogP contribution in [0.2, 0.25) is 10.0 Å². The lowest BCUT2D eigenvalue weighted by Gasteiger charge is -2.14. The summed E-state index contributed by atoms with van der Waals surface area (Å²) in [6, 6.07) is 1.68. The molecule has 0 aliphatic heterocycles. The second-order valence-electron chi connectivity index (χ2n) is 3.81. The number of amides is 1. The van der Waals surface area contributed by atoms with Crippen LogP contribution in [0, 0.1) is 10.1 Å². The first-order chi connectivity index (χ1) is 8.90. The van der Waals surface area contributed by atoms with E-state index in [-0.39, 0.29) is 27.9 Å². The van der Waals surface area contributed by atoms with Crippen LogP contribution in [0.5, 0.6) is 0 Å². The van der Waals surface area contributed by atoms with Crippen LogP contribution in [-0.4, -0.2) is 28.6 Å². The summed E-state index contributed by atoms with van der Waals surface area (Å²) in [6.07, 6.45) is 0.516. The molecule has 0 aliphatic carbocycles. The number of carbonyl (C=O) groups excluding carboxylic acids is 1. The summed E-state index contributed by atoms with van der Waals surface area (Å²) in [5.41, 5.74) is -0.413. The van der Waals surface area contributed by atoms with Gasteiger partial charge in [0, 0.05) is 12.1 Å². The van der Waals surface area contributed by atoms with Gasteiger partial charge >= 0.3 is 0 Å². The number of nitrogens with one attached hydrogen (secondary N) is 1. The Labute approximate surface area is 119 Å². The first kappa shape index (κ1) is 15.7. The van der Waals surface area contributed by atoms with Crippen molar-refractivity contribution in [1.29, 1.82) is 0 Å². The van der Waals surface area contributed by atoms with E-state index >= 15 is 0 Å². The molecule has 0 radical (unpaired) electrons. The summed E-state index contributed by atoms with van der Waals surface area (Å²) in [5.74, 6) is -0.614. The molecule has 1 aromatic rings. The third-order valence-electron chi connectivity index (χ3n) is 2.52. The van der Waals surface area contributed by atoms with Crippen molar-refractivity contribution in [2.45, 2.75) is 19.4 Å². The normalized spacial score (nSPS) is 12.0. The quantitative estimate of drug-likeness (QED) is 0.645. The fourth-order valence-corrected chi connectivity index (χ4v) is 1.79. The van der Waals surface area contributed by atoms with E-state index in [2.05, 4.69) is 5.32 Å². The summed E-state index contributed by atoms with van der Waals surface area (Å²) in [7, 11) is 0. The summed E-state index contributed by atoms with van der Waals surface area (Å²) in [4.78, 5) is 22.0. The molecule has 8 heteroatoms. The molecule has 1 aromatic carbocycles. The van der Waals surface area contributed by atoms with Crippen molar-refractivity contribution in [3.63, 3.8) is 0 Å². The lowest BCUT2D eigenvalue weighted by Crippen LogP contribution is -2.37. The average molecular weight is 307 g/mol. The molecule has 1 atom stereocenters. The Kier molecular flexibility index (Phi) is 5.53. The number of aliphatic hydroxyl groups is 1. The minimum atomic E-state index is -0.664. The first-order valence-corrected chi connectivity index (χ1v) is 6.21.